The number of nitrogens with one attached hydrogen (secondary N) is 1. The van der Waals surface area contributed by atoms with Gasteiger partial charge >= 0.3 is 0 Å². The average Bonchev–Trinajstić information content (AvgIpc) is 2.92. The van der Waals surface area contributed by atoms with Gasteiger partial charge in [0, 0.05) is 20.1 Å². The lowest BCUT2D eigenvalue weighted by atomic mass is 10.1. The molecule has 1 aromatic carbocycles. The summed E-state index contributed by atoms with van der Waals surface area (Å²) < 4.78 is 0. The highest BCUT2D eigenvalue weighted by Crippen LogP contribution is 2.11. The molecule has 18 heavy (non-hydrogen) atoms. The van der Waals surface area contributed by atoms with Gasteiger partial charge in [0.15, 0.2) is 5.69 Å². The van der Waals surface area contributed by atoms with E-state index < -0.39 is 0 Å². The molecule has 1 heterocycles. The Morgan fingerprint density at radius 3 is 2.72 bits per heavy atom. The first-order chi connectivity index (χ1) is 8.72. The lowest BCUT2D eigenvalue weighted by Gasteiger charge is -2.17. The summed E-state index contributed by atoms with van der Waals surface area (Å²) >= 11 is 0. The molecule has 1 aromatic heterocycles. The molecule has 0 spiro atoms. The van der Waals surface area contributed by atoms with Gasteiger partial charge in [0.25, 0.3) is 5.91 Å². The van der Waals surface area contributed by atoms with E-state index in [0.29, 0.717) is 18.8 Å². The molecule has 0 atom stereocenters. The number of carbonyl (C=O) groups excluding carboxylic acids is 1. The van der Waals surface area contributed by atoms with Crippen LogP contribution in [-0.2, 0) is 13.1 Å². The van der Waals surface area contributed by atoms with Crippen molar-refractivity contribution in [3.8, 4) is 0 Å². The third-order valence-corrected chi connectivity index (χ3v) is 2.73. The van der Waals surface area contributed by atoms with Crippen molar-refractivity contribution < 1.29 is 4.79 Å². The summed E-state index contributed by atoms with van der Waals surface area (Å²) in [6.45, 7) is 0.960. The molecule has 2 rings (SSSR count). The number of carbonyl (C=O) groups is 1. The van der Waals surface area contributed by atoms with Crippen LogP contribution in [0.25, 0.3) is 0 Å². The van der Waals surface area contributed by atoms with E-state index in [2.05, 4.69) is 15.4 Å². The van der Waals surface area contributed by atoms with E-state index in [0.717, 1.165) is 11.1 Å². The Kier molecular flexibility index (Phi) is 3.69. The fourth-order valence-corrected chi connectivity index (χ4v) is 1.74. The minimum absolute atomic E-state index is 0.171. The number of hydrogen-bond donors (Lipinski definition) is 2. The summed E-state index contributed by atoms with van der Waals surface area (Å²) in [6.07, 6.45) is 1.41. The molecule has 0 aliphatic rings. The molecule has 6 nitrogen and oxygen atoms in total. The number of amides is 1. The zero-order valence-electron chi connectivity index (χ0n) is 10.1. The summed E-state index contributed by atoms with van der Waals surface area (Å²) in [4.78, 5) is 13.6. The SMILES string of the molecule is CN(Cc1ccccc1CN)C(=O)c1cn[nH]n1. The number of H-pyrrole nitrogens is 1. The van der Waals surface area contributed by atoms with Gasteiger partial charge in [0.1, 0.15) is 0 Å². The number of nitrogens with zero attached hydrogens (tertiary/aromatic N) is 3. The van der Waals surface area contributed by atoms with Crippen LogP contribution in [0.1, 0.15) is 21.6 Å². The highest BCUT2D eigenvalue weighted by Gasteiger charge is 2.15. The number of aromatic nitrogens is 3. The van der Waals surface area contributed by atoms with E-state index in [1.165, 1.54) is 6.20 Å². The first kappa shape index (κ1) is 12.3. The van der Waals surface area contributed by atoms with Gasteiger partial charge in [-0.3, -0.25) is 4.79 Å². The van der Waals surface area contributed by atoms with E-state index in [1.54, 1.807) is 11.9 Å². The van der Waals surface area contributed by atoms with Gasteiger partial charge in [0.2, 0.25) is 0 Å². The lowest BCUT2D eigenvalue weighted by molar-refractivity contribution is 0.0779. The average molecular weight is 245 g/mol. The number of nitrogens with two attached hydrogens (primary N) is 1. The van der Waals surface area contributed by atoms with E-state index in [1.807, 2.05) is 24.3 Å². The zero-order chi connectivity index (χ0) is 13.0. The molecule has 0 fully saturated rings. The standard InChI is InChI=1S/C12H15N5O/c1-17(12(18)11-7-14-16-15-11)8-10-5-3-2-4-9(10)6-13/h2-5,7H,6,8,13H2,1H3,(H,14,15,16). The van der Waals surface area contributed by atoms with Crippen LogP contribution in [0.4, 0.5) is 0 Å². The second-order valence-corrected chi connectivity index (χ2v) is 3.99. The Bertz CT molecular complexity index is 523. The molecular formula is C12H15N5O. The molecule has 0 aliphatic heterocycles. The van der Waals surface area contributed by atoms with Crippen LogP contribution in [0.15, 0.2) is 30.5 Å². The fraction of sp³-hybridized carbons (Fsp3) is 0.250. The maximum atomic E-state index is 12.0. The number of aromatic amines is 1. The highest BCUT2D eigenvalue weighted by atomic mass is 16.2. The predicted molar refractivity (Wildman–Crippen MR) is 66.5 cm³/mol. The van der Waals surface area contributed by atoms with Crippen LogP contribution in [0, 0.1) is 0 Å². The predicted octanol–water partition coefficient (Wildman–Crippen LogP) is 0.536. The van der Waals surface area contributed by atoms with Crippen molar-refractivity contribution in [3.63, 3.8) is 0 Å². The van der Waals surface area contributed by atoms with Crippen LogP contribution >= 0.6 is 0 Å². The molecule has 0 unspecified atom stereocenters. The number of rotatable bonds is 4. The largest absolute Gasteiger partial charge is 0.336 e. The molecule has 3 N–H and O–H groups in total. The normalized spacial score (nSPS) is 10.3. The molecule has 0 saturated carbocycles. The molecule has 1 amide bonds. The minimum Gasteiger partial charge on any atom is -0.336 e. The van der Waals surface area contributed by atoms with Crippen molar-refractivity contribution in [2.75, 3.05) is 7.05 Å². The third kappa shape index (κ3) is 2.54. The van der Waals surface area contributed by atoms with Gasteiger partial charge in [-0.05, 0) is 11.1 Å². The van der Waals surface area contributed by atoms with Crippen LogP contribution in [0.5, 0.6) is 0 Å². The summed E-state index contributed by atoms with van der Waals surface area (Å²) in [5.74, 6) is -0.171. The van der Waals surface area contributed by atoms with Gasteiger partial charge in [-0.25, -0.2) is 0 Å². The third-order valence-electron chi connectivity index (χ3n) is 2.73. The van der Waals surface area contributed by atoms with E-state index in [-0.39, 0.29) is 5.91 Å². The Morgan fingerprint density at radius 2 is 2.11 bits per heavy atom. The quantitative estimate of drug-likeness (QED) is 0.822. The number of benzene rings is 1. The van der Waals surface area contributed by atoms with Gasteiger partial charge in [-0.1, -0.05) is 24.3 Å². The fourth-order valence-electron chi connectivity index (χ4n) is 1.74. The molecule has 0 radical (unpaired) electrons. The summed E-state index contributed by atoms with van der Waals surface area (Å²) in [7, 11) is 1.73. The maximum absolute atomic E-state index is 12.0. The van der Waals surface area contributed by atoms with Gasteiger partial charge in [0.05, 0.1) is 6.20 Å². The van der Waals surface area contributed by atoms with Crippen molar-refractivity contribution in [1.29, 1.82) is 0 Å². The summed E-state index contributed by atoms with van der Waals surface area (Å²) in [5.41, 5.74) is 8.05. The van der Waals surface area contributed by atoms with Gasteiger partial charge < -0.3 is 10.6 Å². The van der Waals surface area contributed by atoms with Crippen molar-refractivity contribution in [2.45, 2.75) is 13.1 Å². The first-order valence-electron chi connectivity index (χ1n) is 5.60. The Labute approximate surface area is 105 Å². The second kappa shape index (κ2) is 5.42. The zero-order valence-corrected chi connectivity index (χ0v) is 10.1. The van der Waals surface area contributed by atoms with Crippen molar-refractivity contribution in [1.82, 2.24) is 20.3 Å². The van der Waals surface area contributed by atoms with Gasteiger partial charge in [-0.15, -0.1) is 0 Å². The summed E-state index contributed by atoms with van der Waals surface area (Å²) in [5, 5.41) is 9.82. The lowest BCUT2D eigenvalue weighted by Crippen LogP contribution is -2.27. The first-order valence-corrected chi connectivity index (χ1v) is 5.60. The van der Waals surface area contributed by atoms with Crippen LogP contribution < -0.4 is 5.73 Å². The van der Waals surface area contributed by atoms with E-state index >= 15 is 0 Å². The van der Waals surface area contributed by atoms with Crippen LogP contribution in [0.2, 0.25) is 0 Å². The molecular weight excluding hydrogens is 230 g/mol. The molecule has 6 heteroatoms. The molecule has 0 saturated heterocycles. The molecule has 2 aromatic rings. The molecule has 0 aliphatic carbocycles. The Balaban J connectivity index is 2.11. The van der Waals surface area contributed by atoms with E-state index in [4.69, 9.17) is 5.73 Å². The van der Waals surface area contributed by atoms with Crippen molar-refractivity contribution >= 4 is 5.91 Å². The molecule has 0 bridgehead atoms. The van der Waals surface area contributed by atoms with Crippen LogP contribution in [0.3, 0.4) is 0 Å². The summed E-state index contributed by atoms with van der Waals surface area (Å²) in [6, 6.07) is 7.80. The van der Waals surface area contributed by atoms with Crippen LogP contribution in [-0.4, -0.2) is 33.3 Å². The van der Waals surface area contributed by atoms with E-state index in [9.17, 15) is 4.79 Å². The number of hydrogen-bond acceptors (Lipinski definition) is 4. The Hall–Kier alpha value is -2.21. The molecule has 94 valence electrons. The Morgan fingerprint density at radius 1 is 1.39 bits per heavy atom. The second-order valence-electron chi connectivity index (χ2n) is 3.99. The topological polar surface area (TPSA) is 87.9 Å². The van der Waals surface area contributed by atoms with Gasteiger partial charge in [-0.2, -0.15) is 15.4 Å². The smallest absolute Gasteiger partial charge is 0.276 e. The van der Waals surface area contributed by atoms with Crippen molar-refractivity contribution in [3.05, 3.63) is 47.3 Å². The maximum Gasteiger partial charge on any atom is 0.276 e. The monoisotopic (exact) mass is 245 g/mol. The minimum atomic E-state index is -0.171. The van der Waals surface area contributed by atoms with Crippen molar-refractivity contribution in [2.24, 2.45) is 5.73 Å². The highest BCUT2D eigenvalue weighted by molar-refractivity contribution is 5.91.